The van der Waals surface area contributed by atoms with E-state index in [1.165, 1.54) is 12.3 Å². The average molecular weight is 705 g/mol. The van der Waals surface area contributed by atoms with Crippen LogP contribution < -0.4 is 20.7 Å². The monoisotopic (exact) mass is 704 g/mol. The number of hydrogen-bond donors (Lipinski definition) is 3. The SMILES string of the molecule is CC(C)(C)OC(=O)NC1CCC(C(=O)NCCOc2ccc(-c3ccc4nccc(C(=O)NCC(=O)N5CC(F)(F)C[C@H]5C#N)c4c3)cc2)CC1. The number of aromatic nitrogens is 1. The highest BCUT2D eigenvalue weighted by Crippen LogP contribution is 2.32. The van der Waals surface area contributed by atoms with Gasteiger partial charge in [-0.1, -0.05) is 18.2 Å². The molecule has 3 aromatic rings. The number of nitriles is 1. The number of fused-ring (bicyclic) bond motifs is 1. The zero-order valence-corrected chi connectivity index (χ0v) is 28.8. The number of likely N-dealkylation sites (tertiary alicyclic amines) is 1. The van der Waals surface area contributed by atoms with Crippen LogP contribution in [0.3, 0.4) is 0 Å². The molecule has 0 bridgehead atoms. The minimum Gasteiger partial charge on any atom is -0.492 e. The topological polar surface area (TPSA) is 163 Å². The number of nitrogens with one attached hydrogen (secondary N) is 3. The molecule has 3 N–H and O–H groups in total. The Balaban J connectivity index is 1.09. The van der Waals surface area contributed by atoms with E-state index in [1.807, 2.05) is 39.0 Å². The number of carbonyl (C=O) groups is 4. The van der Waals surface area contributed by atoms with Crippen molar-refractivity contribution in [3.63, 3.8) is 0 Å². The summed E-state index contributed by atoms with van der Waals surface area (Å²) < 4.78 is 38.7. The second kappa shape index (κ2) is 15.7. The Kier molecular flexibility index (Phi) is 11.4. The van der Waals surface area contributed by atoms with Crippen LogP contribution in [-0.2, 0) is 14.3 Å². The third-order valence-corrected chi connectivity index (χ3v) is 8.80. The molecule has 2 aliphatic rings. The van der Waals surface area contributed by atoms with Crippen molar-refractivity contribution in [2.75, 3.05) is 26.2 Å². The second-order valence-corrected chi connectivity index (χ2v) is 13.9. The van der Waals surface area contributed by atoms with Gasteiger partial charge in [0.15, 0.2) is 0 Å². The molecule has 2 fully saturated rings. The van der Waals surface area contributed by atoms with Crippen molar-refractivity contribution in [1.82, 2.24) is 25.8 Å². The first-order valence-electron chi connectivity index (χ1n) is 17.0. The van der Waals surface area contributed by atoms with Gasteiger partial charge in [0.05, 0.1) is 36.8 Å². The van der Waals surface area contributed by atoms with Gasteiger partial charge in [0.1, 0.15) is 24.0 Å². The van der Waals surface area contributed by atoms with Gasteiger partial charge < -0.3 is 30.3 Å². The van der Waals surface area contributed by atoms with E-state index in [-0.39, 0.29) is 30.0 Å². The summed E-state index contributed by atoms with van der Waals surface area (Å²) in [4.78, 5) is 55.5. The summed E-state index contributed by atoms with van der Waals surface area (Å²) in [6.45, 7) is 4.68. The van der Waals surface area contributed by atoms with Crippen LogP contribution in [0.1, 0.15) is 63.2 Å². The maximum absolute atomic E-state index is 13.8. The second-order valence-electron chi connectivity index (χ2n) is 13.9. The number of benzene rings is 2. The minimum atomic E-state index is -3.15. The Labute approximate surface area is 294 Å². The zero-order chi connectivity index (χ0) is 36.8. The lowest BCUT2D eigenvalue weighted by Crippen LogP contribution is -2.43. The summed E-state index contributed by atoms with van der Waals surface area (Å²) in [6, 6.07) is 14.8. The number of pyridine rings is 1. The lowest BCUT2D eigenvalue weighted by atomic mass is 9.85. The van der Waals surface area contributed by atoms with Crippen molar-refractivity contribution in [2.24, 2.45) is 5.92 Å². The van der Waals surface area contributed by atoms with Gasteiger partial charge in [-0.2, -0.15) is 5.26 Å². The predicted molar refractivity (Wildman–Crippen MR) is 184 cm³/mol. The van der Waals surface area contributed by atoms with Crippen LogP contribution in [0.4, 0.5) is 13.6 Å². The number of nitrogens with zero attached hydrogens (tertiary/aromatic N) is 3. The lowest BCUT2D eigenvalue weighted by Gasteiger charge is -2.29. The number of hydrogen-bond acceptors (Lipinski definition) is 8. The van der Waals surface area contributed by atoms with Crippen molar-refractivity contribution in [3.05, 3.63) is 60.3 Å². The molecule has 1 saturated carbocycles. The van der Waals surface area contributed by atoms with Gasteiger partial charge in [-0.3, -0.25) is 19.4 Å². The molecule has 2 heterocycles. The number of ether oxygens (including phenoxy) is 2. The molecule has 0 radical (unpaired) electrons. The Hall–Kier alpha value is -5.32. The summed E-state index contributed by atoms with van der Waals surface area (Å²) in [5.41, 5.74) is 1.89. The number of amides is 4. The molecule has 1 atom stereocenters. The molecule has 1 aliphatic carbocycles. The number of halogens is 2. The number of rotatable bonds is 10. The van der Waals surface area contributed by atoms with Crippen molar-refractivity contribution in [2.45, 2.75) is 76.5 Å². The molecule has 14 heteroatoms. The van der Waals surface area contributed by atoms with Gasteiger partial charge in [-0.15, -0.1) is 0 Å². The molecule has 2 aromatic carbocycles. The smallest absolute Gasteiger partial charge is 0.407 e. The van der Waals surface area contributed by atoms with Crippen molar-refractivity contribution >= 4 is 34.7 Å². The highest BCUT2D eigenvalue weighted by atomic mass is 19.3. The van der Waals surface area contributed by atoms with E-state index in [0.29, 0.717) is 48.9 Å². The van der Waals surface area contributed by atoms with Gasteiger partial charge >= 0.3 is 6.09 Å². The lowest BCUT2D eigenvalue weighted by molar-refractivity contribution is -0.131. The van der Waals surface area contributed by atoms with Gasteiger partial charge in [-0.05, 0) is 87.9 Å². The van der Waals surface area contributed by atoms with Crippen LogP contribution in [0.2, 0.25) is 0 Å². The number of alkyl carbamates (subject to hydrolysis) is 1. The first-order valence-corrected chi connectivity index (χ1v) is 17.0. The van der Waals surface area contributed by atoms with E-state index in [2.05, 4.69) is 20.9 Å². The first kappa shape index (κ1) is 36.9. The standard InChI is InChI=1S/C37H42F2N6O6/c1-36(2,3)51-35(49)44-26-9-4-24(5-10-26)33(47)42-16-17-50-28-11-6-23(7-12-28)25-8-13-31-30(18-25)29(14-15-41-31)34(48)43-21-32(46)45-22-37(38,39)19-27(45)20-40/h6-8,11-15,18,24,26-27H,4-5,9-10,16-17,19,21-22H2,1-3H3,(H,42,47)(H,43,48)(H,44,49)/t24?,26?,27-/m0/s1. The molecule has 0 spiro atoms. The van der Waals surface area contributed by atoms with E-state index in [1.54, 1.807) is 30.3 Å². The zero-order valence-electron chi connectivity index (χ0n) is 28.8. The first-order chi connectivity index (χ1) is 24.2. The highest BCUT2D eigenvalue weighted by Gasteiger charge is 2.47. The van der Waals surface area contributed by atoms with Crippen LogP contribution in [0.5, 0.6) is 5.75 Å². The fourth-order valence-electron chi connectivity index (χ4n) is 6.28. The molecule has 1 aliphatic heterocycles. The van der Waals surface area contributed by atoms with E-state index in [0.717, 1.165) is 16.0 Å². The Morgan fingerprint density at radius 2 is 1.71 bits per heavy atom. The average Bonchev–Trinajstić information content (AvgIpc) is 3.42. The van der Waals surface area contributed by atoms with E-state index < -0.39 is 55.0 Å². The highest BCUT2D eigenvalue weighted by molar-refractivity contribution is 6.07. The normalized spacial score (nSPS) is 19.8. The van der Waals surface area contributed by atoms with E-state index >= 15 is 0 Å². The quantitative estimate of drug-likeness (QED) is 0.249. The maximum atomic E-state index is 13.8. The van der Waals surface area contributed by atoms with Crippen LogP contribution in [0, 0.1) is 17.2 Å². The molecule has 1 saturated heterocycles. The molecule has 1 aromatic heterocycles. The Morgan fingerprint density at radius 1 is 1.00 bits per heavy atom. The summed E-state index contributed by atoms with van der Waals surface area (Å²) in [7, 11) is 0. The molecule has 0 unspecified atom stereocenters. The van der Waals surface area contributed by atoms with Crippen LogP contribution in [0.25, 0.3) is 22.0 Å². The Morgan fingerprint density at radius 3 is 2.39 bits per heavy atom. The summed E-state index contributed by atoms with van der Waals surface area (Å²) in [5.74, 6) is -4.01. The van der Waals surface area contributed by atoms with Crippen LogP contribution in [0.15, 0.2) is 54.7 Å². The van der Waals surface area contributed by atoms with Gasteiger partial charge in [0.25, 0.3) is 11.8 Å². The third-order valence-electron chi connectivity index (χ3n) is 8.80. The summed E-state index contributed by atoms with van der Waals surface area (Å²) in [5, 5.41) is 18.0. The molecule has 12 nitrogen and oxygen atoms in total. The maximum Gasteiger partial charge on any atom is 0.407 e. The molecular weight excluding hydrogens is 662 g/mol. The molecule has 51 heavy (non-hydrogen) atoms. The number of alkyl halides is 2. The van der Waals surface area contributed by atoms with Crippen molar-refractivity contribution < 1.29 is 37.4 Å². The van der Waals surface area contributed by atoms with Crippen molar-refractivity contribution in [1.29, 1.82) is 5.26 Å². The third kappa shape index (κ3) is 9.90. The fraction of sp³-hybridized carbons (Fsp3) is 0.459. The molecule has 4 amide bonds. The van der Waals surface area contributed by atoms with E-state index in [4.69, 9.17) is 9.47 Å². The molecule has 270 valence electrons. The summed E-state index contributed by atoms with van der Waals surface area (Å²) >= 11 is 0. The van der Waals surface area contributed by atoms with Crippen LogP contribution >= 0.6 is 0 Å². The molecule has 5 rings (SSSR count). The summed E-state index contributed by atoms with van der Waals surface area (Å²) in [6.07, 6.45) is 3.07. The van der Waals surface area contributed by atoms with Gasteiger partial charge in [0.2, 0.25) is 11.8 Å². The largest absolute Gasteiger partial charge is 0.492 e. The Bertz CT molecular complexity index is 1800. The predicted octanol–water partition coefficient (Wildman–Crippen LogP) is 4.97. The van der Waals surface area contributed by atoms with Gasteiger partial charge in [0, 0.05) is 30.0 Å². The molecular formula is C37H42F2N6O6. The van der Waals surface area contributed by atoms with Crippen LogP contribution in [-0.4, -0.2) is 83.5 Å². The fourth-order valence-corrected chi connectivity index (χ4v) is 6.28. The van der Waals surface area contributed by atoms with Gasteiger partial charge in [-0.25, -0.2) is 13.6 Å². The van der Waals surface area contributed by atoms with E-state index in [9.17, 15) is 33.2 Å². The minimum absolute atomic E-state index is 0.00742. The number of carbonyl (C=O) groups excluding carboxylic acids is 4. The van der Waals surface area contributed by atoms with Crippen molar-refractivity contribution in [3.8, 4) is 22.9 Å².